The van der Waals surface area contributed by atoms with Crippen LogP contribution in [0.1, 0.15) is 85.9 Å². The van der Waals surface area contributed by atoms with Crippen LogP contribution in [0, 0.1) is 27.7 Å². The fourth-order valence-corrected chi connectivity index (χ4v) is 17.1. The molecular formula is C116H124N28O4. The van der Waals surface area contributed by atoms with Crippen LogP contribution in [0.2, 0.25) is 0 Å². The molecule has 32 nitrogen and oxygen atoms in total. The number of carbonyl (C=O) groups excluding carboxylic acids is 4. The van der Waals surface area contributed by atoms with Crippen molar-refractivity contribution in [3.63, 3.8) is 0 Å². The smallest absolute Gasteiger partial charge is 0.255 e. The van der Waals surface area contributed by atoms with Gasteiger partial charge in [0, 0.05) is 295 Å². The first-order valence-electron chi connectivity index (χ1n) is 49.8. The largest absolute Gasteiger partial charge is 0.324 e. The van der Waals surface area contributed by atoms with Crippen LogP contribution in [0.4, 0.5) is 69.3 Å². The lowest BCUT2D eigenvalue weighted by atomic mass is 10.1. The summed E-state index contributed by atoms with van der Waals surface area (Å²) in [6.45, 7) is 28.9. The minimum Gasteiger partial charge on any atom is -0.324 e. The van der Waals surface area contributed by atoms with E-state index in [-0.39, 0.29) is 23.6 Å². The molecule has 4 aliphatic heterocycles. The number of aromatic nitrogens is 12. The zero-order chi connectivity index (χ0) is 102. The standard InChI is InChI=1S/4C29H31N7O/c4*1-21-5-10-25(18-27(21)34-29-31-13-11-26(33-29)24-4-3-12-30-19-24)32-28(37)23-8-6-22(7-9-23)20-36-16-14-35(2)15-17-36/h4*3-13,18-19H,14-17,20H2,1-2H3,(H,32,37)(H,31,33,34). The zero-order valence-corrected chi connectivity index (χ0v) is 84.7. The Morgan fingerprint density at radius 3 is 0.635 bits per heavy atom. The van der Waals surface area contributed by atoms with Crippen molar-refractivity contribution in [3.8, 4) is 45.0 Å². The summed E-state index contributed by atoms with van der Waals surface area (Å²) in [5.74, 6) is 1.33. The number of nitrogens with one attached hydrogen (secondary N) is 8. The number of hydrogen-bond donors (Lipinski definition) is 8. The Balaban J connectivity index is 0.000000135. The average molecular weight is 1970 g/mol. The second-order valence-corrected chi connectivity index (χ2v) is 37.6. The van der Waals surface area contributed by atoms with Crippen LogP contribution in [0.3, 0.4) is 0 Å². The summed E-state index contributed by atoms with van der Waals surface area (Å²) < 4.78 is 0. The van der Waals surface area contributed by atoms with Crippen LogP contribution < -0.4 is 42.5 Å². The Bertz CT molecular complexity index is 6250. The number of benzene rings is 8. The highest BCUT2D eigenvalue weighted by Crippen LogP contribution is 2.32. The summed E-state index contributed by atoms with van der Waals surface area (Å²) in [7, 11) is 8.64. The normalized spacial score (nSPS) is 14.3. The predicted molar refractivity (Wildman–Crippen MR) is 588 cm³/mol. The molecule has 4 aliphatic rings. The van der Waals surface area contributed by atoms with Gasteiger partial charge in [0.15, 0.2) is 0 Å². The van der Waals surface area contributed by atoms with Crippen LogP contribution >= 0.6 is 0 Å². The third-order valence-electron chi connectivity index (χ3n) is 26.3. The Morgan fingerprint density at radius 2 is 0.446 bits per heavy atom. The van der Waals surface area contributed by atoms with E-state index in [1.165, 1.54) is 22.3 Å². The van der Waals surface area contributed by atoms with E-state index in [2.05, 4.69) is 170 Å². The molecule has 752 valence electrons. The maximum atomic E-state index is 12.9. The van der Waals surface area contributed by atoms with Crippen molar-refractivity contribution in [2.75, 3.05) is 175 Å². The van der Waals surface area contributed by atoms with Crippen LogP contribution in [-0.2, 0) is 26.2 Å². The highest BCUT2D eigenvalue weighted by atomic mass is 16.2. The third kappa shape index (κ3) is 29.9. The molecule has 8 aromatic carbocycles. The van der Waals surface area contributed by atoms with E-state index in [9.17, 15) is 19.2 Å². The number of likely N-dealkylation sites (N-methyl/N-ethyl adjacent to an activating group) is 4. The fraction of sp³-hybridized carbons (Fsp3) is 0.241. The number of amides is 4. The summed E-state index contributed by atoms with van der Waals surface area (Å²) in [5.41, 5.74) is 24.3. The summed E-state index contributed by atoms with van der Waals surface area (Å²) in [5, 5.41) is 25.2. The first kappa shape index (κ1) is 103. The highest BCUT2D eigenvalue weighted by molar-refractivity contribution is 6.07. The van der Waals surface area contributed by atoms with E-state index in [4.69, 9.17) is 0 Å². The van der Waals surface area contributed by atoms with Gasteiger partial charge in [-0.15, -0.1) is 0 Å². The molecule has 32 heteroatoms. The number of pyridine rings is 4. The molecule has 8 aromatic heterocycles. The Labute approximate surface area is 864 Å². The maximum absolute atomic E-state index is 12.9. The lowest BCUT2D eigenvalue weighted by molar-refractivity contribution is 0.101. The first-order valence-corrected chi connectivity index (χ1v) is 49.8. The zero-order valence-electron chi connectivity index (χ0n) is 84.7. The fourth-order valence-electron chi connectivity index (χ4n) is 17.1. The van der Waals surface area contributed by atoms with Gasteiger partial charge in [0.05, 0.1) is 22.8 Å². The summed E-state index contributed by atoms with van der Waals surface area (Å²) in [6, 6.07) is 77.3. The molecular weight excluding hydrogens is 1850 g/mol. The lowest BCUT2D eigenvalue weighted by Crippen LogP contribution is -2.43. The lowest BCUT2D eigenvalue weighted by Gasteiger charge is -2.32. The predicted octanol–water partition coefficient (Wildman–Crippen LogP) is 18.4. The van der Waals surface area contributed by atoms with E-state index in [1.54, 1.807) is 74.4 Å². The minimum absolute atomic E-state index is 0.143. The van der Waals surface area contributed by atoms with Crippen LogP contribution in [0.15, 0.2) is 317 Å². The van der Waals surface area contributed by atoms with E-state index in [1.807, 2.05) is 270 Å². The van der Waals surface area contributed by atoms with E-state index in [0.717, 1.165) is 221 Å². The van der Waals surface area contributed by atoms with Gasteiger partial charge >= 0.3 is 0 Å². The Morgan fingerprint density at radius 1 is 0.243 bits per heavy atom. The molecule has 0 spiro atoms. The molecule has 0 atom stereocenters. The van der Waals surface area contributed by atoms with Gasteiger partial charge in [-0.1, -0.05) is 72.8 Å². The quantitative estimate of drug-likeness (QED) is 0.0226. The molecule has 0 saturated carbocycles. The monoisotopic (exact) mass is 1970 g/mol. The van der Waals surface area contributed by atoms with Crippen molar-refractivity contribution >= 4 is 92.9 Å². The average Bonchev–Trinajstić information content (AvgIpc) is 0.835. The molecule has 12 heterocycles. The number of hydrogen-bond acceptors (Lipinski definition) is 28. The van der Waals surface area contributed by atoms with E-state index < -0.39 is 0 Å². The molecule has 4 amide bonds. The number of aryl methyl sites for hydroxylation is 4. The van der Waals surface area contributed by atoms with Gasteiger partial charge in [0.25, 0.3) is 23.6 Å². The van der Waals surface area contributed by atoms with Crippen LogP contribution in [-0.4, -0.2) is 256 Å². The van der Waals surface area contributed by atoms with Gasteiger partial charge in [0.1, 0.15) is 0 Å². The van der Waals surface area contributed by atoms with Gasteiger partial charge in [-0.25, -0.2) is 39.9 Å². The van der Waals surface area contributed by atoms with Crippen molar-refractivity contribution < 1.29 is 19.2 Å². The molecule has 20 rings (SSSR count). The topological polar surface area (TPSA) is 345 Å². The first-order chi connectivity index (χ1) is 72.1. The number of anilines is 12. The summed E-state index contributed by atoms with van der Waals surface area (Å²) in [6.07, 6.45) is 20.9. The van der Waals surface area contributed by atoms with E-state index >= 15 is 0 Å². The van der Waals surface area contributed by atoms with Gasteiger partial charge in [-0.05, 0) is 270 Å². The molecule has 0 unspecified atom stereocenters. The van der Waals surface area contributed by atoms with Crippen LogP contribution in [0.5, 0.6) is 0 Å². The summed E-state index contributed by atoms with van der Waals surface area (Å²) in [4.78, 5) is 123. The van der Waals surface area contributed by atoms with Crippen molar-refractivity contribution in [1.29, 1.82) is 0 Å². The van der Waals surface area contributed by atoms with Crippen molar-refractivity contribution in [3.05, 3.63) is 384 Å². The molecule has 0 aliphatic carbocycles. The van der Waals surface area contributed by atoms with Gasteiger partial charge in [0.2, 0.25) is 23.8 Å². The van der Waals surface area contributed by atoms with Crippen molar-refractivity contribution in [2.24, 2.45) is 0 Å². The minimum atomic E-state index is -0.143. The molecule has 16 aromatic rings. The molecule has 148 heavy (non-hydrogen) atoms. The van der Waals surface area contributed by atoms with Crippen molar-refractivity contribution in [2.45, 2.75) is 53.9 Å². The molecule has 4 saturated heterocycles. The number of carbonyl (C=O) groups is 4. The van der Waals surface area contributed by atoms with E-state index in [0.29, 0.717) is 68.8 Å². The molecule has 8 N–H and O–H groups in total. The van der Waals surface area contributed by atoms with Crippen molar-refractivity contribution in [1.82, 2.24) is 99.0 Å². The summed E-state index contributed by atoms with van der Waals surface area (Å²) >= 11 is 0. The maximum Gasteiger partial charge on any atom is 0.255 e. The number of rotatable bonds is 28. The molecule has 0 radical (unpaired) electrons. The second kappa shape index (κ2) is 50.8. The SMILES string of the molecule is Cc1ccc(NC(=O)c2ccc(CN3CCN(C)CC3)cc2)cc1Nc1nccc(-c2cccnc2)n1.Cc1ccc(NC(=O)c2ccc(CN3CCN(C)CC3)cc2)cc1Nc1nccc(-c2cccnc2)n1.Cc1ccc(NC(=O)c2ccc(CN3CCN(C)CC3)cc2)cc1Nc1nccc(-c2cccnc2)n1.Cc1ccc(NC(=O)c2ccc(CN3CCN(C)CC3)cc2)cc1Nc1nccc(-c2cccnc2)n1. The molecule has 0 bridgehead atoms. The van der Waals surface area contributed by atoms with Gasteiger partial charge < -0.3 is 62.1 Å². The highest BCUT2D eigenvalue weighted by Gasteiger charge is 2.23. The van der Waals surface area contributed by atoms with Crippen LogP contribution in [0.25, 0.3) is 45.0 Å². The number of nitrogens with zero attached hydrogens (tertiary/aromatic N) is 20. The van der Waals surface area contributed by atoms with Gasteiger partial charge in [-0.2, -0.15) is 0 Å². The van der Waals surface area contributed by atoms with Gasteiger partial charge in [-0.3, -0.25) is 58.7 Å². The second-order valence-electron chi connectivity index (χ2n) is 37.6. The third-order valence-corrected chi connectivity index (χ3v) is 26.3. The number of piperazine rings is 4. The Kier molecular flexibility index (Phi) is 35.3. The Hall–Kier alpha value is -16.6. The molecule has 4 fully saturated rings.